The zero-order valence-electron chi connectivity index (χ0n) is 12.5. The van der Waals surface area contributed by atoms with E-state index >= 15 is 0 Å². The van der Waals surface area contributed by atoms with Crippen molar-refractivity contribution in [1.82, 2.24) is 4.57 Å². The van der Waals surface area contributed by atoms with Crippen molar-refractivity contribution < 1.29 is 0 Å². The number of nitrogens with zero attached hydrogens (tertiary/aromatic N) is 1. The number of rotatable bonds is 2. The Labute approximate surface area is 151 Å². The van der Waals surface area contributed by atoms with E-state index in [4.69, 9.17) is 0 Å². The normalized spacial score (nSPS) is 10.3. The van der Waals surface area contributed by atoms with Crippen molar-refractivity contribution in [2.24, 2.45) is 0 Å². The van der Waals surface area contributed by atoms with Gasteiger partial charge in [0.25, 0.3) is 5.56 Å². The second-order valence-corrected chi connectivity index (χ2v) is 6.72. The van der Waals surface area contributed by atoms with Gasteiger partial charge in [-0.15, -0.1) is 0 Å². The molecule has 114 valence electrons. The average molecular weight is 431 g/mol. The van der Waals surface area contributed by atoms with Crippen LogP contribution in [0.1, 0.15) is 18.2 Å². The average Bonchev–Trinajstić information content (AvgIpc) is 2.60. The second kappa shape index (κ2) is 7.24. The number of benzene rings is 2. The van der Waals surface area contributed by atoms with E-state index in [-0.39, 0.29) is 5.56 Å². The van der Waals surface area contributed by atoms with Gasteiger partial charge in [-0.1, -0.05) is 43.2 Å². The van der Waals surface area contributed by atoms with E-state index in [0.717, 1.165) is 28.8 Å². The molecular weight excluding hydrogens is 417 g/mol. The molecular formula is C19H14INOS. The third kappa shape index (κ3) is 3.17. The van der Waals surface area contributed by atoms with E-state index in [1.165, 1.54) is 8.93 Å². The molecule has 0 aliphatic carbocycles. The van der Waals surface area contributed by atoms with Crippen LogP contribution in [0.15, 0.2) is 59.4 Å². The van der Waals surface area contributed by atoms with Gasteiger partial charge >= 0.3 is 0 Å². The molecule has 0 saturated heterocycles. The molecule has 1 heterocycles. The lowest BCUT2D eigenvalue weighted by Crippen LogP contribution is -2.22. The number of fused-ring (bicyclic) bond motifs is 1. The highest BCUT2D eigenvalue weighted by Gasteiger charge is 2.12. The number of aryl methyl sites for hydroxylation is 1. The lowest BCUT2D eigenvalue weighted by Gasteiger charge is -2.14. The fourth-order valence-electron chi connectivity index (χ4n) is 2.71. The van der Waals surface area contributed by atoms with Gasteiger partial charge in [0.05, 0.1) is 5.39 Å². The number of halogens is 1. The lowest BCUT2D eigenvalue weighted by atomic mass is 10.0. The first-order chi connectivity index (χ1) is 11.3. The van der Waals surface area contributed by atoms with Gasteiger partial charge in [0.1, 0.15) is 0 Å². The van der Waals surface area contributed by atoms with Crippen LogP contribution in [0.4, 0.5) is 0 Å². The molecule has 0 aliphatic rings. The molecule has 0 atom stereocenters. The molecule has 3 rings (SSSR count). The molecule has 0 bridgehead atoms. The molecule has 2 nitrogen and oxygen atoms in total. The molecule has 0 fully saturated rings. The first-order valence-corrected chi connectivity index (χ1v) is 10.6. The zero-order chi connectivity index (χ0) is 16.2. The van der Waals surface area contributed by atoms with Crippen molar-refractivity contribution in [1.29, 1.82) is 0 Å². The molecule has 3 aromatic rings. The maximum absolute atomic E-state index is 13.2. The van der Waals surface area contributed by atoms with Gasteiger partial charge in [-0.05, 0) is 50.3 Å². The standard InChI is InChI=1S/C19H14INOS/c1-2-16-13-15-8-6-7-14(11-12-23-20)18(15)19(22)21(16)17-9-4-3-5-10-17/h3-10,13H,2H2,1H3. The van der Waals surface area contributed by atoms with Gasteiger partial charge < -0.3 is 0 Å². The van der Waals surface area contributed by atoms with Crippen molar-refractivity contribution in [2.75, 3.05) is 0 Å². The van der Waals surface area contributed by atoms with Gasteiger partial charge in [0.2, 0.25) is 0 Å². The van der Waals surface area contributed by atoms with Gasteiger partial charge in [-0.3, -0.25) is 9.36 Å². The third-order valence-corrected chi connectivity index (χ3v) is 4.56. The molecule has 4 heteroatoms. The van der Waals surface area contributed by atoms with Gasteiger partial charge in [0.15, 0.2) is 0 Å². The van der Waals surface area contributed by atoms with E-state index in [1.807, 2.05) is 48.5 Å². The predicted octanol–water partition coefficient (Wildman–Crippen LogP) is 4.95. The molecule has 23 heavy (non-hydrogen) atoms. The fourth-order valence-corrected chi connectivity index (χ4v) is 3.19. The Morgan fingerprint density at radius 3 is 2.61 bits per heavy atom. The summed E-state index contributed by atoms with van der Waals surface area (Å²) < 4.78 is 1.80. The number of aromatic nitrogens is 1. The maximum atomic E-state index is 13.2. The Hall–Kier alpha value is -1.71. The highest BCUT2D eigenvalue weighted by Crippen LogP contribution is 2.20. The molecule has 0 spiro atoms. The largest absolute Gasteiger partial charge is 0.281 e. The quantitative estimate of drug-likeness (QED) is 0.424. The van der Waals surface area contributed by atoms with E-state index < -0.39 is 0 Å². The second-order valence-electron chi connectivity index (χ2n) is 5.04. The van der Waals surface area contributed by atoms with Crippen LogP contribution in [-0.4, -0.2) is 4.57 Å². The maximum Gasteiger partial charge on any atom is 0.264 e. The summed E-state index contributed by atoms with van der Waals surface area (Å²) in [6.45, 7) is 2.07. The summed E-state index contributed by atoms with van der Waals surface area (Å²) in [6, 6.07) is 17.7. The SMILES string of the molecule is CCc1cc2cccc(C#CSI)c2c(=O)n1-c1ccccc1. The molecule has 0 unspecified atom stereocenters. The highest BCUT2D eigenvalue weighted by molar-refractivity contribution is 14.2. The van der Waals surface area contributed by atoms with Gasteiger partial charge in [-0.2, -0.15) is 0 Å². The van der Waals surface area contributed by atoms with E-state index in [9.17, 15) is 4.79 Å². The molecule has 0 aliphatic heterocycles. The van der Waals surface area contributed by atoms with E-state index in [2.05, 4.69) is 45.4 Å². The first-order valence-electron chi connectivity index (χ1n) is 7.28. The van der Waals surface area contributed by atoms with Crippen molar-refractivity contribution >= 4 is 40.9 Å². The van der Waals surface area contributed by atoms with Crippen LogP contribution >= 0.6 is 30.1 Å². The monoisotopic (exact) mass is 431 g/mol. The van der Waals surface area contributed by atoms with Crippen LogP contribution in [0.5, 0.6) is 0 Å². The van der Waals surface area contributed by atoms with Gasteiger partial charge in [-0.25, -0.2) is 0 Å². The van der Waals surface area contributed by atoms with Crippen LogP contribution in [0.25, 0.3) is 16.5 Å². The topological polar surface area (TPSA) is 22.0 Å². The molecule has 1 aromatic heterocycles. The highest BCUT2D eigenvalue weighted by atomic mass is 127. The minimum atomic E-state index is -0.00564. The minimum absolute atomic E-state index is 0.00564. The summed E-state index contributed by atoms with van der Waals surface area (Å²) in [6.07, 6.45) is 0.791. The Bertz CT molecular complexity index is 968. The predicted molar refractivity (Wildman–Crippen MR) is 107 cm³/mol. The zero-order valence-corrected chi connectivity index (χ0v) is 15.5. The summed E-state index contributed by atoms with van der Waals surface area (Å²) in [5.74, 6) is 3.09. The molecule has 0 amide bonds. The van der Waals surface area contributed by atoms with Crippen molar-refractivity contribution in [3.05, 3.63) is 76.2 Å². The van der Waals surface area contributed by atoms with Crippen LogP contribution in [0.3, 0.4) is 0 Å². The summed E-state index contributed by atoms with van der Waals surface area (Å²) >= 11 is 2.13. The van der Waals surface area contributed by atoms with E-state index in [1.54, 1.807) is 4.57 Å². The number of pyridine rings is 1. The Morgan fingerprint density at radius 2 is 1.91 bits per heavy atom. The van der Waals surface area contributed by atoms with Gasteiger partial charge in [0, 0.05) is 38.2 Å². The van der Waals surface area contributed by atoms with Crippen LogP contribution < -0.4 is 5.56 Å². The molecule has 0 saturated carbocycles. The number of para-hydroxylation sites is 1. The summed E-state index contributed by atoms with van der Waals surface area (Å²) in [4.78, 5) is 13.2. The molecule has 0 N–H and O–H groups in total. The Balaban J connectivity index is 2.41. The third-order valence-electron chi connectivity index (χ3n) is 3.72. The van der Waals surface area contributed by atoms with Crippen molar-refractivity contribution in [2.45, 2.75) is 13.3 Å². The summed E-state index contributed by atoms with van der Waals surface area (Å²) in [7, 11) is 1.42. The molecule has 2 aromatic carbocycles. The number of hydrogen-bond acceptors (Lipinski definition) is 2. The van der Waals surface area contributed by atoms with Crippen molar-refractivity contribution in [3.8, 4) is 16.9 Å². The molecule has 0 radical (unpaired) electrons. The first kappa shape index (κ1) is 16.2. The van der Waals surface area contributed by atoms with Crippen molar-refractivity contribution in [3.63, 3.8) is 0 Å². The summed E-state index contributed by atoms with van der Waals surface area (Å²) in [5, 5.41) is 4.61. The van der Waals surface area contributed by atoms with Crippen LogP contribution in [0.2, 0.25) is 0 Å². The fraction of sp³-hybridized carbons (Fsp3) is 0.105. The summed E-state index contributed by atoms with van der Waals surface area (Å²) in [5.41, 5.74) is 2.67. The van der Waals surface area contributed by atoms with Crippen LogP contribution in [-0.2, 0) is 6.42 Å². The lowest BCUT2D eigenvalue weighted by molar-refractivity contribution is 0.889. The number of hydrogen-bond donors (Lipinski definition) is 0. The Kier molecular flexibility index (Phi) is 5.09. The Morgan fingerprint density at radius 1 is 1.13 bits per heavy atom. The minimum Gasteiger partial charge on any atom is -0.281 e. The van der Waals surface area contributed by atoms with Crippen LogP contribution in [0, 0.1) is 11.2 Å². The van der Waals surface area contributed by atoms with E-state index in [0.29, 0.717) is 5.39 Å². The smallest absolute Gasteiger partial charge is 0.264 e.